The van der Waals surface area contributed by atoms with E-state index in [0.29, 0.717) is 0 Å². The van der Waals surface area contributed by atoms with Crippen molar-refractivity contribution in [3.8, 4) is 56.2 Å². The second-order valence-corrected chi connectivity index (χ2v) is 18.7. The highest BCUT2D eigenvalue weighted by Crippen LogP contribution is 2.53. The minimum Gasteiger partial charge on any atom is -0.310 e. The van der Waals surface area contributed by atoms with Crippen molar-refractivity contribution in [2.75, 3.05) is 9.80 Å². The molecule has 0 atom stereocenters. The molecule has 0 amide bonds. The fraction of sp³-hybridized carbons (Fsp3) is 0.0462. The van der Waals surface area contributed by atoms with Crippen LogP contribution in [0.15, 0.2) is 255 Å². The third kappa shape index (κ3) is 7.19. The van der Waals surface area contributed by atoms with Crippen molar-refractivity contribution in [1.82, 2.24) is 18.8 Å². The van der Waals surface area contributed by atoms with E-state index in [0.717, 1.165) is 90.4 Å². The van der Waals surface area contributed by atoms with Crippen molar-refractivity contribution < 1.29 is 0 Å². The lowest BCUT2D eigenvalue weighted by Crippen LogP contribution is -2.17. The van der Waals surface area contributed by atoms with Gasteiger partial charge in [0.1, 0.15) is 11.3 Å². The number of nitrogens with zero attached hydrogens (tertiary/aromatic N) is 6. The Kier molecular flexibility index (Phi) is 10.1. The van der Waals surface area contributed by atoms with Crippen molar-refractivity contribution in [1.29, 1.82) is 0 Å². The van der Waals surface area contributed by atoms with Crippen molar-refractivity contribution in [3.05, 3.63) is 266 Å². The zero-order valence-electron chi connectivity index (χ0n) is 39.4. The molecule has 71 heavy (non-hydrogen) atoms. The molecule has 0 aliphatic heterocycles. The van der Waals surface area contributed by atoms with E-state index >= 15 is 0 Å². The first-order valence-electron chi connectivity index (χ1n) is 24.2. The molecular formula is C65H48N6. The number of para-hydroxylation sites is 2. The van der Waals surface area contributed by atoms with Gasteiger partial charge in [-0.2, -0.15) is 0 Å². The summed E-state index contributed by atoms with van der Waals surface area (Å²) in [6, 6.07) is 86.5. The Morgan fingerprint density at radius 2 is 0.662 bits per heavy atom. The van der Waals surface area contributed by atoms with Crippen LogP contribution in [0.1, 0.15) is 25.0 Å². The first-order valence-corrected chi connectivity index (χ1v) is 24.2. The fourth-order valence-corrected chi connectivity index (χ4v) is 10.7. The molecule has 0 spiro atoms. The predicted octanol–water partition coefficient (Wildman–Crippen LogP) is 16.9. The summed E-state index contributed by atoms with van der Waals surface area (Å²) in [6.45, 7) is 4.74. The molecule has 12 aromatic rings. The number of fused-ring (bicyclic) bond motifs is 5. The maximum absolute atomic E-state index is 5.15. The maximum atomic E-state index is 5.15. The Labute approximate surface area is 413 Å². The van der Waals surface area contributed by atoms with E-state index < -0.39 is 0 Å². The standard InChI is InChI=1S/C65H48N6/c1-65(2)57-43-53(70(49-23-11-5-12-24-49)51-33-29-45(30-34-51)61-63(47-19-7-3-8-20-47)68-41-17-15-27-59(68)66-61)37-39-55(57)56-40-38-54(44-58(56)65)71(50-25-13-6-14-26-50)52-35-31-46(32-36-52)62-64(48-21-9-4-10-22-48)69-42-18-16-28-60(69)67-62/h3-44H,1-2H3. The molecule has 338 valence electrons. The van der Waals surface area contributed by atoms with Crippen molar-refractivity contribution in [3.63, 3.8) is 0 Å². The molecule has 1 aliphatic rings. The first-order chi connectivity index (χ1) is 35.0. The van der Waals surface area contributed by atoms with Crippen LogP contribution in [-0.4, -0.2) is 18.8 Å². The molecule has 4 aromatic heterocycles. The summed E-state index contributed by atoms with van der Waals surface area (Å²) in [6.07, 6.45) is 4.19. The quantitative estimate of drug-likeness (QED) is 0.137. The Hall–Kier alpha value is -9.26. The van der Waals surface area contributed by atoms with Gasteiger partial charge in [0, 0.05) is 74.2 Å². The summed E-state index contributed by atoms with van der Waals surface area (Å²) in [5.41, 5.74) is 21.7. The van der Waals surface area contributed by atoms with E-state index in [4.69, 9.17) is 9.97 Å². The van der Waals surface area contributed by atoms with Gasteiger partial charge in [-0.25, -0.2) is 9.97 Å². The predicted molar refractivity (Wildman–Crippen MR) is 293 cm³/mol. The van der Waals surface area contributed by atoms with E-state index in [-0.39, 0.29) is 5.41 Å². The number of benzene rings is 8. The molecule has 13 rings (SSSR count). The second-order valence-electron chi connectivity index (χ2n) is 18.7. The van der Waals surface area contributed by atoms with Crippen LogP contribution >= 0.6 is 0 Å². The molecule has 0 radical (unpaired) electrons. The number of pyridine rings is 2. The number of imidazole rings is 2. The van der Waals surface area contributed by atoms with Gasteiger partial charge >= 0.3 is 0 Å². The average Bonchev–Trinajstić information content (AvgIpc) is 4.09. The smallest absolute Gasteiger partial charge is 0.137 e. The van der Waals surface area contributed by atoms with E-state index in [9.17, 15) is 0 Å². The normalized spacial score (nSPS) is 12.5. The van der Waals surface area contributed by atoms with Gasteiger partial charge in [-0.05, 0) is 119 Å². The zero-order chi connectivity index (χ0) is 47.5. The van der Waals surface area contributed by atoms with Gasteiger partial charge in [0.05, 0.1) is 22.8 Å². The van der Waals surface area contributed by atoms with E-state index in [1.807, 2.05) is 12.1 Å². The van der Waals surface area contributed by atoms with Gasteiger partial charge in [0.15, 0.2) is 0 Å². The number of rotatable bonds is 10. The Morgan fingerprint density at radius 3 is 1.06 bits per heavy atom. The number of aromatic nitrogens is 4. The van der Waals surface area contributed by atoms with Gasteiger partial charge in [0.2, 0.25) is 0 Å². The van der Waals surface area contributed by atoms with E-state index in [1.54, 1.807) is 0 Å². The molecule has 4 heterocycles. The summed E-state index contributed by atoms with van der Waals surface area (Å²) < 4.78 is 4.37. The van der Waals surface area contributed by atoms with Gasteiger partial charge in [0.25, 0.3) is 0 Å². The van der Waals surface area contributed by atoms with Crippen LogP contribution in [0.2, 0.25) is 0 Å². The summed E-state index contributed by atoms with van der Waals surface area (Å²) >= 11 is 0. The molecule has 0 bridgehead atoms. The topological polar surface area (TPSA) is 41.1 Å². The van der Waals surface area contributed by atoms with Gasteiger partial charge in [-0.3, -0.25) is 8.80 Å². The van der Waals surface area contributed by atoms with Crippen LogP contribution in [0.5, 0.6) is 0 Å². The van der Waals surface area contributed by atoms with E-state index in [1.165, 1.54) is 22.3 Å². The summed E-state index contributed by atoms with van der Waals surface area (Å²) in [5, 5.41) is 0. The lowest BCUT2D eigenvalue weighted by atomic mass is 9.82. The molecule has 0 N–H and O–H groups in total. The van der Waals surface area contributed by atoms with Crippen molar-refractivity contribution in [2.45, 2.75) is 19.3 Å². The molecule has 0 fully saturated rings. The molecule has 1 aliphatic carbocycles. The monoisotopic (exact) mass is 912 g/mol. The molecule has 8 aromatic carbocycles. The zero-order valence-corrected chi connectivity index (χ0v) is 39.4. The first kappa shape index (κ1) is 41.9. The molecule has 0 saturated heterocycles. The molecule has 6 nitrogen and oxygen atoms in total. The molecule has 0 unspecified atom stereocenters. The summed E-state index contributed by atoms with van der Waals surface area (Å²) in [7, 11) is 0. The molecular weight excluding hydrogens is 865 g/mol. The lowest BCUT2D eigenvalue weighted by Gasteiger charge is -2.29. The van der Waals surface area contributed by atoms with Gasteiger partial charge < -0.3 is 9.80 Å². The Bertz CT molecular complexity index is 3620. The van der Waals surface area contributed by atoms with Gasteiger partial charge in [-0.1, -0.05) is 159 Å². The third-order valence-corrected chi connectivity index (χ3v) is 14.1. The van der Waals surface area contributed by atoms with Crippen LogP contribution in [0.25, 0.3) is 67.5 Å². The largest absolute Gasteiger partial charge is 0.310 e. The highest BCUT2D eigenvalue weighted by atomic mass is 15.1. The molecule has 6 heteroatoms. The lowest BCUT2D eigenvalue weighted by molar-refractivity contribution is 0.660. The summed E-state index contributed by atoms with van der Waals surface area (Å²) in [4.78, 5) is 15.0. The highest BCUT2D eigenvalue weighted by molar-refractivity contribution is 5.90. The maximum Gasteiger partial charge on any atom is 0.137 e. The minimum atomic E-state index is -0.289. The van der Waals surface area contributed by atoms with Crippen molar-refractivity contribution >= 4 is 45.4 Å². The average molecular weight is 913 g/mol. The Morgan fingerprint density at radius 1 is 0.324 bits per heavy atom. The number of hydrogen-bond acceptors (Lipinski definition) is 4. The second kappa shape index (κ2) is 17.1. The van der Waals surface area contributed by atoms with E-state index in [2.05, 4.69) is 275 Å². The van der Waals surface area contributed by atoms with Gasteiger partial charge in [-0.15, -0.1) is 0 Å². The fourth-order valence-electron chi connectivity index (χ4n) is 10.7. The number of anilines is 6. The van der Waals surface area contributed by atoms with Crippen LogP contribution in [0, 0.1) is 0 Å². The van der Waals surface area contributed by atoms with Crippen LogP contribution < -0.4 is 9.80 Å². The van der Waals surface area contributed by atoms with Crippen LogP contribution in [-0.2, 0) is 5.41 Å². The number of hydrogen-bond donors (Lipinski definition) is 0. The molecule has 0 saturated carbocycles. The SMILES string of the molecule is CC1(C)c2cc(N(c3ccccc3)c3ccc(-c4nc5ccccn5c4-c4ccccc4)cc3)ccc2-c2ccc(N(c3ccccc3)c3ccc(-c4nc5ccccn5c4-c4ccccc4)cc3)cc21. The summed E-state index contributed by atoms with van der Waals surface area (Å²) in [5.74, 6) is 0. The van der Waals surface area contributed by atoms with Crippen LogP contribution in [0.3, 0.4) is 0 Å². The Balaban J connectivity index is 0.858. The highest BCUT2D eigenvalue weighted by Gasteiger charge is 2.37. The minimum absolute atomic E-state index is 0.289. The third-order valence-electron chi connectivity index (χ3n) is 14.1. The van der Waals surface area contributed by atoms with Crippen molar-refractivity contribution in [2.24, 2.45) is 0 Å². The van der Waals surface area contributed by atoms with Crippen LogP contribution in [0.4, 0.5) is 34.1 Å².